The third-order valence-electron chi connectivity index (χ3n) is 11.6. The van der Waals surface area contributed by atoms with E-state index in [4.69, 9.17) is 24.8 Å². The normalized spacial score (nSPS) is 13.5. The fourth-order valence-electron chi connectivity index (χ4n) is 7.60. The number of carboxylic acid groups (broad SMARTS) is 1. The first-order chi connectivity index (χ1) is 29.6. The van der Waals surface area contributed by atoms with Gasteiger partial charge >= 0.3 is 25.7 Å². The summed E-state index contributed by atoms with van der Waals surface area (Å²) in [6, 6.07) is -1.52. The van der Waals surface area contributed by atoms with Crippen molar-refractivity contribution in [3.8, 4) is 0 Å². The van der Waals surface area contributed by atoms with Gasteiger partial charge in [-0.25, -0.2) is 4.57 Å². The first-order valence-electron chi connectivity index (χ1n) is 25.6. The molecule has 4 N–H and O–H groups in total. The van der Waals surface area contributed by atoms with Crippen molar-refractivity contribution in [3.63, 3.8) is 0 Å². The van der Waals surface area contributed by atoms with Crippen LogP contribution in [0.4, 0.5) is 0 Å². The fourth-order valence-corrected chi connectivity index (χ4v) is 8.38. The first-order valence-corrected chi connectivity index (χ1v) is 27.1. The molecule has 0 aromatic rings. The molecule has 0 heterocycles. The number of phosphoric acid groups is 1. The number of hydrogen-bond acceptors (Lipinski definition) is 9. The summed E-state index contributed by atoms with van der Waals surface area (Å²) in [5, 5.41) is 8.92. The maximum absolute atomic E-state index is 12.7. The van der Waals surface area contributed by atoms with E-state index in [0.717, 1.165) is 38.5 Å². The molecule has 61 heavy (non-hydrogen) atoms. The molecule has 0 aromatic carbocycles. The summed E-state index contributed by atoms with van der Waals surface area (Å²) >= 11 is 0. The number of ether oxygens (including phenoxy) is 2. The molecule has 0 saturated carbocycles. The molecule has 362 valence electrons. The Kier molecular flexibility index (Phi) is 43.9. The van der Waals surface area contributed by atoms with Gasteiger partial charge in [0.05, 0.1) is 13.2 Å². The molecular formula is C49H96NO10P. The third-order valence-corrected chi connectivity index (χ3v) is 12.6. The second-order valence-electron chi connectivity index (χ2n) is 17.7. The lowest BCUT2D eigenvalue weighted by Crippen LogP contribution is -2.34. The highest BCUT2D eigenvalue weighted by Gasteiger charge is 2.28. The Bertz CT molecular complexity index is 1050. The number of unbranched alkanes of at least 4 members (excludes halogenated alkanes) is 35. The SMILES string of the molecule is CCCCCCCCCCCCCCCCCCCCCC(=O)OC[C@H](COP(=O)(O)OC[C@H](N)C(=O)O)OC(=O)CCCCCCCCCCCCCCCCCCCC. The number of carbonyl (C=O) groups is 3. The zero-order chi connectivity index (χ0) is 44.9. The van der Waals surface area contributed by atoms with Gasteiger partial charge in [0.25, 0.3) is 0 Å². The molecule has 1 unspecified atom stereocenters. The molecule has 0 saturated heterocycles. The lowest BCUT2D eigenvalue weighted by Gasteiger charge is -2.20. The molecule has 0 spiro atoms. The van der Waals surface area contributed by atoms with E-state index >= 15 is 0 Å². The Balaban J connectivity index is 4.20. The topological polar surface area (TPSA) is 172 Å². The van der Waals surface area contributed by atoms with Gasteiger partial charge in [-0.2, -0.15) is 0 Å². The summed E-state index contributed by atoms with van der Waals surface area (Å²) in [6.07, 6.45) is 45.9. The van der Waals surface area contributed by atoms with Crippen LogP contribution in [0.2, 0.25) is 0 Å². The summed E-state index contributed by atoms with van der Waals surface area (Å²) in [4.78, 5) is 46.2. The standard InChI is InChI=1S/C49H96NO10P/c1-3-5-7-9-11-13-15-17-19-21-23-25-26-28-30-32-34-36-38-40-47(51)57-42-45(43-58-61(55,56)59-44-46(50)49(53)54)60-48(52)41-39-37-35-33-31-29-27-24-22-20-18-16-14-12-10-8-6-4-2/h45-46H,3-44,50H2,1-2H3,(H,53,54)(H,55,56)/t45-,46+/m1/s1. The van der Waals surface area contributed by atoms with Crippen LogP contribution < -0.4 is 5.73 Å². The van der Waals surface area contributed by atoms with Crippen LogP contribution in [0.5, 0.6) is 0 Å². The van der Waals surface area contributed by atoms with Gasteiger partial charge < -0.3 is 25.2 Å². The number of carboxylic acids is 1. The number of esters is 2. The Morgan fingerprint density at radius 3 is 1.03 bits per heavy atom. The summed E-state index contributed by atoms with van der Waals surface area (Å²) < 4.78 is 32.9. The molecule has 0 bridgehead atoms. The monoisotopic (exact) mass is 890 g/mol. The second kappa shape index (κ2) is 45.1. The Morgan fingerprint density at radius 2 is 0.721 bits per heavy atom. The fraction of sp³-hybridized carbons (Fsp3) is 0.939. The molecule has 11 nitrogen and oxygen atoms in total. The second-order valence-corrected chi connectivity index (χ2v) is 19.1. The number of hydrogen-bond donors (Lipinski definition) is 3. The summed E-state index contributed by atoms with van der Waals surface area (Å²) in [7, 11) is -4.71. The van der Waals surface area contributed by atoms with Gasteiger partial charge in [0.2, 0.25) is 0 Å². The highest BCUT2D eigenvalue weighted by atomic mass is 31.2. The van der Waals surface area contributed by atoms with E-state index in [2.05, 4.69) is 18.4 Å². The predicted octanol–water partition coefficient (Wildman–Crippen LogP) is 14.2. The average Bonchev–Trinajstić information content (AvgIpc) is 3.24. The molecule has 0 aliphatic heterocycles. The van der Waals surface area contributed by atoms with Gasteiger partial charge in [0, 0.05) is 12.8 Å². The van der Waals surface area contributed by atoms with Crippen LogP contribution in [-0.2, 0) is 37.5 Å². The van der Waals surface area contributed by atoms with E-state index in [0.29, 0.717) is 12.8 Å². The smallest absolute Gasteiger partial charge is 0.472 e. The zero-order valence-electron chi connectivity index (χ0n) is 39.5. The highest BCUT2D eigenvalue weighted by molar-refractivity contribution is 7.47. The maximum Gasteiger partial charge on any atom is 0.472 e. The Hall–Kier alpha value is -1.52. The molecular weight excluding hydrogens is 794 g/mol. The van der Waals surface area contributed by atoms with Gasteiger partial charge in [0.15, 0.2) is 6.10 Å². The number of aliphatic carboxylic acids is 1. The van der Waals surface area contributed by atoms with Crippen molar-refractivity contribution in [1.82, 2.24) is 0 Å². The van der Waals surface area contributed by atoms with Crippen LogP contribution in [-0.4, -0.2) is 59.9 Å². The Morgan fingerprint density at radius 1 is 0.443 bits per heavy atom. The molecule has 0 aliphatic rings. The molecule has 0 fully saturated rings. The number of nitrogens with two attached hydrogens (primary N) is 1. The molecule has 12 heteroatoms. The lowest BCUT2D eigenvalue weighted by molar-refractivity contribution is -0.161. The van der Waals surface area contributed by atoms with E-state index in [9.17, 15) is 23.8 Å². The number of phosphoric ester groups is 1. The van der Waals surface area contributed by atoms with Gasteiger partial charge in [-0.05, 0) is 12.8 Å². The molecule has 0 amide bonds. The quantitative estimate of drug-likeness (QED) is 0.0301. The average molecular weight is 890 g/mol. The van der Waals surface area contributed by atoms with Crippen molar-refractivity contribution in [2.45, 2.75) is 276 Å². The van der Waals surface area contributed by atoms with Crippen LogP contribution in [0.1, 0.15) is 264 Å². The van der Waals surface area contributed by atoms with E-state index in [1.54, 1.807) is 0 Å². The van der Waals surface area contributed by atoms with Crippen molar-refractivity contribution < 1.29 is 47.5 Å². The van der Waals surface area contributed by atoms with E-state index in [-0.39, 0.29) is 19.4 Å². The van der Waals surface area contributed by atoms with Crippen molar-refractivity contribution in [2.75, 3.05) is 19.8 Å². The van der Waals surface area contributed by atoms with Crippen molar-refractivity contribution in [2.24, 2.45) is 5.73 Å². The Labute approximate surface area is 374 Å². The number of rotatable bonds is 49. The molecule has 0 aromatic heterocycles. The predicted molar refractivity (Wildman–Crippen MR) is 250 cm³/mol. The van der Waals surface area contributed by atoms with Gasteiger partial charge in [-0.15, -0.1) is 0 Å². The minimum absolute atomic E-state index is 0.170. The molecule has 0 radical (unpaired) electrons. The summed E-state index contributed by atoms with van der Waals surface area (Å²) in [6.45, 7) is 2.87. The lowest BCUT2D eigenvalue weighted by atomic mass is 10.0. The summed E-state index contributed by atoms with van der Waals surface area (Å²) in [5.41, 5.74) is 5.35. The van der Waals surface area contributed by atoms with Crippen molar-refractivity contribution in [1.29, 1.82) is 0 Å². The number of carbonyl (C=O) groups excluding carboxylic acids is 2. The first kappa shape index (κ1) is 59.5. The van der Waals surface area contributed by atoms with E-state index < -0.39 is 51.1 Å². The largest absolute Gasteiger partial charge is 0.480 e. The highest BCUT2D eigenvalue weighted by Crippen LogP contribution is 2.43. The molecule has 0 rings (SSSR count). The minimum Gasteiger partial charge on any atom is -0.480 e. The van der Waals surface area contributed by atoms with Gasteiger partial charge in [-0.3, -0.25) is 23.4 Å². The molecule has 0 aliphatic carbocycles. The third kappa shape index (κ3) is 44.9. The minimum atomic E-state index is -4.71. The van der Waals surface area contributed by atoms with Crippen LogP contribution in [0.15, 0.2) is 0 Å². The van der Waals surface area contributed by atoms with Crippen molar-refractivity contribution in [3.05, 3.63) is 0 Å². The zero-order valence-corrected chi connectivity index (χ0v) is 40.4. The maximum atomic E-state index is 12.7. The van der Waals surface area contributed by atoms with Crippen LogP contribution in [0.3, 0.4) is 0 Å². The van der Waals surface area contributed by atoms with Gasteiger partial charge in [-0.1, -0.05) is 239 Å². The van der Waals surface area contributed by atoms with Gasteiger partial charge in [0.1, 0.15) is 12.6 Å². The van der Waals surface area contributed by atoms with Crippen LogP contribution >= 0.6 is 7.82 Å². The van der Waals surface area contributed by atoms with E-state index in [1.807, 2.05) is 0 Å². The van der Waals surface area contributed by atoms with Crippen LogP contribution in [0, 0.1) is 0 Å². The van der Waals surface area contributed by atoms with Crippen LogP contribution in [0.25, 0.3) is 0 Å². The van der Waals surface area contributed by atoms with Crippen molar-refractivity contribution >= 4 is 25.7 Å². The summed E-state index contributed by atoms with van der Waals surface area (Å²) in [5.74, 6) is -2.35. The molecule has 3 atom stereocenters. The van der Waals surface area contributed by atoms with E-state index in [1.165, 1.54) is 186 Å².